The van der Waals surface area contributed by atoms with Crippen molar-refractivity contribution >= 4 is 27.7 Å². The van der Waals surface area contributed by atoms with Crippen LogP contribution < -0.4 is 5.32 Å². The van der Waals surface area contributed by atoms with E-state index in [4.69, 9.17) is 0 Å². The molecule has 1 N–H and O–H groups in total. The van der Waals surface area contributed by atoms with Gasteiger partial charge in [-0.05, 0) is 62.3 Å². The fraction of sp³-hybridized carbons (Fsp3) is 0.435. The highest BCUT2D eigenvalue weighted by molar-refractivity contribution is 7.98. The summed E-state index contributed by atoms with van der Waals surface area (Å²) in [4.78, 5) is 14.2. The predicted octanol–water partition coefficient (Wildman–Crippen LogP) is 4.39. The van der Waals surface area contributed by atoms with Crippen LogP contribution in [0, 0.1) is 12.8 Å². The average Bonchev–Trinajstić information content (AvgIpc) is 2.78. The lowest BCUT2D eigenvalue weighted by molar-refractivity contribution is -0.126. The van der Waals surface area contributed by atoms with E-state index in [1.165, 1.54) is 9.87 Å². The molecule has 1 atom stereocenters. The highest BCUT2D eigenvalue weighted by Gasteiger charge is 2.32. The highest BCUT2D eigenvalue weighted by atomic mass is 32.2. The Hall–Kier alpha value is -1.83. The molecule has 0 bridgehead atoms. The van der Waals surface area contributed by atoms with E-state index in [-0.39, 0.29) is 17.9 Å². The maximum atomic E-state index is 12.9. The molecule has 0 radical (unpaired) electrons. The standard InChI is InChI=1S/C23H30N2O3S2/c1-4-22(18-7-5-17(2)6-8-18)24-23(26)19-13-15-25(16-14-19)30(27,28)21-11-9-20(29-3)10-12-21/h5-12,19,22H,4,13-16H2,1-3H3,(H,24,26)/t22-/m1/s1. The number of aryl methyl sites for hydroxylation is 1. The number of carbonyl (C=O) groups excluding carboxylic acids is 1. The lowest BCUT2D eigenvalue weighted by atomic mass is 9.95. The monoisotopic (exact) mass is 446 g/mol. The summed E-state index contributed by atoms with van der Waals surface area (Å²) in [5.74, 6) is -0.140. The number of nitrogens with one attached hydrogen (secondary N) is 1. The van der Waals surface area contributed by atoms with Crippen LogP contribution in [0.2, 0.25) is 0 Å². The number of rotatable bonds is 7. The Morgan fingerprint density at radius 3 is 2.23 bits per heavy atom. The second-order valence-electron chi connectivity index (χ2n) is 7.73. The number of thioether (sulfide) groups is 1. The number of nitrogens with zero attached hydrogens (tertiary/aromatic N) is 1. The minimum absolute atomic E-state index is 0.0174. The number of amides is 1. The zero-order valence-corrected chi connectivity index (χ0v) is 19.4. The molecule has 0 unspecified atom stereocenters. The third-order valence-electron chi connectivity index (χ3n) is 5.73. The fourth-order valence-electron chi connectivity index (χ4n) is 3.76. The van der Waals surface area contributed by atoms with Gasteiger partial charge in [-0.15, -0.1) is 11.8 Å². The summed E-state index contributed by atoms with van der Waals surface area (Å²) in [5.41, 5.74) is 2.29. The second kappa shape index (κ2) is 9.98. The van der Waals surface area contributed by atoms with Crippen molar-refractivity contribution in [3.8, 4) is 0 Å². The SMILES string of the molecule is CC[C@@H](NC(=O)C1CCN(S(=O)(=O)c2ccc(SC)cc2)CC1)c1ccc(C)cc1. The number of benzene rings is 2. The first-order valence-corrected chi connectivity index (χ1v) is 13.0. The minimum Gasteiger partial charge on any atom is -0.349 e. The molecule has 5 nitrogen and oxygen atoms in total. The van der Waals surface area contributed by atoms with Crippen molar-refractivity contribution in [3.63, 3.8) is 0 Å². The first-order chi connectivity index (χ1) is 14.3. The van der Waals surface area contributed by atoms with Crippen LogP contribution in [0.4, 0.5) is 0 Å². The Bertz CT molecular complexity index is 949. The molecule has 1 fully saturated rings. The molecule has 0 saturated carbocycles. The van der Waals surface area contributed by atoms with Crippen LogP contribution in [-0.2, 0) is 14.8 Å². The van der Waals surface area contributed by atoms with Gasteiger partial charge in [-0.2, -0.15) is 4.31 Å². The van der Waals surface area contributed by atoms with E-state index in [0.717, 1.165) is 16.9 Å². The Morgan fingerprint density at radius 1 is 1.10 bits per heavy atom. The van der Waals surface area contributed by atoms with Gasteiger partial charge < -0.3 is 5.32 Å². The molecule has 1 amide bonds. The van der Waals surface area contributed by atoms with Gasteiger partial charge in [-0.1, -0.05) is 36.8 Å². The van der Waals surface area contributed by atoms with Crippen molar-refractivity contribution in [1.82, 2.24) is 9.62 Å². The van der Waals surface area contributed by atoms with E-state index in [0.29, 0.717) is 30.8 Å². The Morgan fingerprint density at radius 2 is 1.70 bits per heavy atom. The summed E-state index contributed by atoms with van der Waals surface area (Å²) in [7, 11) is -3.52. The number of hydrogen-bond acceptors (Lipinski definition) is 4. The molecule has 0 aromatic heterocycles. The van der Waals surface area contributed by atoms with E-state index >= 15 is 0 Å². The molecular weight excluding hydrogens is 416 g/mol. The van der Waals surface area contributed by atoms with Gasteiger partial charge in [0.25, 0.3) is 0 Å². The number of carbonyl (C=O) groups is 1. The van der Waals surface area contributed by atoms with Crippen LogP contribution >= 0.6 is 11.8 Å². The lowest BCUT2D eigenvalue weighted by Crippen LogP contribution is -2.43. The molecule has 1 saturated heterocycles. The van der Waals surface area contributed by atoms with Gasteiger partial charge in [0.2, 0.25) is 15.9 Å². The third kappa shape index (κ3) is 5.25. The molecular formula is C23H30N2O3S2. The maximum absolute atomic E-state index is 12.9. The normalized spacial score (nSPS) is 16.9. The molecule has 1 heterocycles. The van der Waals surface area contributed by atoms with E-state index < -0.39 is 10.0 Å². The summed E-state index contributed by atoms with van der Waals surface area (Å²) < 4.78 is 27.3. The lowest BCUT2D eigenvalue weighted by Gasteiger charge is -2.31. The summed E-state index contributed by atoms with van der Waals surface area (Å²) in [6.07, 6.45) is 3.85. The van der Waals surface area contributed by atoms with Crippen LogP contribution in [0.3, 0.4) is 0 Å². The van der Waals surface area contributed by atoms with Crippen molar-refractivity contribution in [2.45, 2.75) is 48.9 Å². The zero-order valence-electron chi connectivity index (χ0n) is 17.8. The quantitative estimate of drug-likeness (QED) is 0.641. The average molecular weight is 447 g/mol. The molecule has 3 rings (SSSR count). The molecule has 30 heavy (non-hydrogen) atoms. The molecule has 162 valence electrons. The van der Waals surface area contributed by atoms with E-state index in [9.17, 15) is 13.2 Å². The van der Waals surface area contributed by atoms with Gasteiger partial charge in [0.15, 0.2) is 0 Å². The Labute approximate surface area is 184 Å². The minimum atomic E-state index is -3.52. The summed E-state index contributed by atoms with van der Waals surface area (Å²) in [6.45, 7) is 4.84. The first kappa shape index (κ1) is 22.8. The molecule has 0 spiro atoms. The molecule has 2 aromatic rings. The van der Waals surface area contributed by atoms with Crippen LogP contribution in [0.25, 0.3) is 0 Å². The zero-order chi connectivity index (χ0) is 21.7. The Balaban J connectivity index is 1.59. The molecule has 1 aliphatic heterocycles. The van der Waals surface area contributed by atoms with Crippen molar-refractivity contribution in [3.05, 3.63) is 59.7 Å². The molecule has 2 aromatic carbocycles. The summed E-state index contributed by atoms with van der Waals surface area (Å²) >= 11 is 1.58. The largest absolute Gasteiger partial charge is 0.349 e. The van der Waals surface area contributed by atoms with Gasteiger partial charge in [-0.3, -0.25) is 4.79 Å². The predicted molar refractivity (Wildman–Crippen MR) is 122 cm³/mol. The van der Waals surface area contributed by atoms with Crippen LogP contribution in [0.1, 0.15) is 43.4 Å². The van der Waals surface area contributed by atoms with E-state index in [1.807, 2.05) is 25.3 Å². The summed E-state index contributed by atoms with van der Waals surface area (Å²) in [6, 6.07) is 15.2. The van der Waals surface area contributed by atoms with E-state index in [2.05, 4.69) is 36.5 Å². The fourth-order valence-corrected chi connectivity index (χ4v) is 5.64. The highest BCUT2D eigenvalue weighted by Crippen LogP contribution is 2.26. The smallest absolute Gasteiger partial charge is 0.243 e. The summed E-state index contributed by atoms with van der Waals surface area (Å²) in [5, 5.41) is 3.16. The van der Waals surface area contributed by atoms with Gasteiger partial charge in [-0.25, -0.2) is 8.42 Å². The van der Waals surface area contributed by atoms with Gasteiger partial charge in [0.1, 0.15) is 0 Å². The van der Waals surface area contributed by atoms with Gasteiger partial charge >= 0.3 is 0 Å². The Kier molecular flexibility index (Phi) is 7.60. The molecule has 7 heteroatoms. The van der Waals surface area contributed by atoms with Crippen molar-refractivity contribution in [2.24, 2.45) is 5.92 Å². The third-order valence-corrected chi connectivity index (χ3v) is 8.38. The van der Waals surface area contributed by atoms with Crippen molar-refractivity contribution in [1.29, 1.82) is 0 Å². The topological polar surface area (TPSA) is 66.5 Å². The second-order valence-corrected chi connectivity index (χ2v) is 10.6. The number of sulfonamides is 1. The molecule has 1 aliphatic rings. The van der Waals surface area contributed by atoms with Gasteiger partial charge in [0.05, 0.1) is 10.9 Å². The first-order valence-electron chi connectivity index (χ1n) is 10.4. The van der Waals surface area contributed by atoms with Crippen molar-refractivity contribution in [2.75, 3.05) is 19.3 Å². The maximum Gasteiger partial charge on any atom is 0.243 e. The number of hydrogen-bond donors (Lipinski definition) is 1. The van der Waals surface area contributed by atoms with E-state index in [1.54, 1.807) is 23.9 Å². The number of piperidine rings is 1. The van der Waals surface area contributed by atoms with Crippen LogP contribution in [-0.4, -0.2) is 38.0 Å². The molecule has 0 aliphatic carbocycles. The van der Waals surface area contributed by atoms with Crippen LogP contribution in [0.15, 0.2) is 58.3 Å². The van der Waals surface area contributed by atoms with Crippen molar-refractivity contribution < 1.29 is 13.2 Å². The van der Waals surface area contributed by atoms with Crippen LogP contribution in [0.5, 0.6) is 0 Å². The van der Waals surface area contributed by atoms with Gasteiger partial charge in [0, 0.05) is 23.9 Å².